The Morgan fingerprint density at radius 1 is 1.14 bits per heavy atom. The molecule has 0 radical (unpaired) electrons. The Hall–Kier alpha value is -2.40. The quantitative estimate of drug-likeness (QED) is 0.690. The number of benzene rings is 2. The largest absolute Gasteiger partial charge is 0.464 e. The van der Waals surface area contributed by atoms with Gasteiger partial charge in [0.05, 0.1) is 6.61 Å². The average Bonchev–Trinajstić information content (AvgIpc) is 3.28. The van der Waals surface area contributed by atoms with Crippen LogP contribution in [0.3, 0.4) is 0 Å². The van der Waals surface area contributed by atoms with Crippen molar-refractivity contribution in [3.63, 3.8) is 0 Å². The number of rotatable bonds is 4. The van der Waals surface area contributed by atoms with Gasteiger partial charge in [0.15, 0.2) is 12.2 Å². The first-order chi connectivity index (χ1) is 10.2. The Kier molecular flexibility index (Phi) is 3.58. The summed E-state index contributed by atoms with van der Waals surface area (Å²) in [6.07, 6.45) is -1.53. The van der Waals surface area contributed by atoms with Gasteiger partial charge in [-0.3, -0.25) is 4.79 Å². The van der Waals surface area contributed by atoms with Crippen molar-refractivity contribution < 1.29 is 19.1 Å². The summed E-state index contributed by atoms with van der Waals surface area (Å²) in [7, 11) is 0. The molecule has 0 unspecified atom stereocenters. The predicted molar refractivity (Wildman–Crippen MR) is 77.9 cm³/mol. The highest BCUT2D eigenvalue weighted by Gasteiger charge is 2.51. The van der Waals surface area contributed by atoms with Gasteiger partial charge in [-0.05, 0) is 29.8 Å². The van der Waals surface area contributed by atoms with Crippen LogP contribution in [0.15, 0.2) is 42.5 Å². The second-order valence-corrected chi connectivity index (χ2v) is 4.78. The molecule has 0 saturated carbocycles. The smallest absolute Gasteiger partial charge is 0.338 e. The van der Waals surface area contributed by atoms with E-state index in [1.165, 1.54) is 0 Å². The third-order valence-electron chi connectivity index (χ3n) is 3.29. The zero-order valence-corrected chi connectivity index (χ0v) is 11.5. The standard InChI is InChI=1S/C16H15NO4/c1-2-20-16(19)14-13(21-14)15(18)17-12-8-7-10-5-3-4-6-11(10)9-12/h3-9,13-14H,2H2,1H3,(H,17,18)/t13-,14-/m1/s1. The Labute approximate surface area is 121 Å². The number of amides is 1. The lowest BCUT2D eigenvalue weighted by atomic mass is 10.1. The van der Waals surface area contributed by atoms with E-state index in [9.17, 15) is 9.59 Å². The molecule has 3 rings (SSSR count). The zero-order chi connectivity index (χ0) is 14.8. The molecule has 2 aromatic carbocycles. The van der Waals surface area contributed by atoms with Crippen LogP contribution in [0.4, 0.5) is 5.69 Å². The van der Waals surface area contributed by atoms with Gasteiger partial charge >= 0.3 is 5.97 Å². The van der Waals surface area contributed by atoms with E-state index in [0.717, 1.165) is 10.8 Å². The van der Waals surface area contributed by atoms with E-state index < -0.39 is 18.2 Å². The normalized spacial score (nSPS) is 20.0. The molecule has 2 atom stereocenters. The molecule has 0 aromatic heterocycles. The maximum absolute atomic E-state index is 12.0. The van der Waals surface area contributed by atoms with E-state index in [0.29, 0.717) is 5.69 Å². The monoisotopic (exact) mass is 285 g/mol. The van der Waals surface area contributed by atoms with Gasteiger partial charge in [-0.2, -0.15) is 0 Å². The van der Waals surface area contributed by atoms with Crippen LogP contribution in [0, 0.1) is 0 Å². The first kappa shape index (κ1) is 13.6. The number of anilines is 1. The summed E-state index contributed by atoms with van der Waals surface area (Å²) in [6.45, 7) is 1.99. The van der Waals surface area contributed by atoms with E-state index in [-0.39, 0.29) is 12.5 Å². The van der Waals surface area contributed by atoms with Crippen LogP contribution >= 0.6 is 0 Å². The van der Waals surface area contributed by atoms with Crippen LogP contribution < -0.4 is 5.32 Å². The lowest BCUT2D eigenvalue weighted by Gasteiger charge is -2.05. The summed E-state index contributed by atoms with van der Waals surface area (Å²) < 4.78 is 9.88. The number of ether oxygens (including phenoxy) is 2. The van der Waals surface area contributed by atoms with Gasteiger partial charge in [-0.1, -0.05) is 30.3 Å². The summed E-state index contributed by atoms with van der Waals surface area (Å²) in [6, 6.07) is 13.5. The highest BCUT2D eigenvalue weighted by atomic mass is 16.6. The summed E-state index contributed by atoms with van der Waals surface area (Å²) in [4.78, 5) is 23.4. The number of carbonyl (C=O) groups excluding carboxylic acids is 2. The summed E-state index contributed by atoms with van der Waals surface area (Å²) in [5.74, 6) is -0.820. The van der Waals surface area contributed by atoms with E-state index in [1.807, 2.05) is 42.5 Å². The van der Waals surface area contributed by atoms with Gasteiger partial charge in [-0.25, -0.2) is 4.79 Å². The van der Waals surface area contributed by atoms with Crippen molar-refractivity contribution in [2.24, 2.45) is 0 Å². The Bertz CT molecular complexity index is 697. The van der Waals surface area contributed by atoms with Gasteiger partial charge in [0.25, 0.3) is 5.91 Å². The molecule has 0 spiro atoms. The fraction of sp³-hybridized carbons (Fsp3) is 0.250. The van der Waals surface area contributed by atoms with Crippen LogP contribution in [0.2, 0.25) is 0 Å². The fourth-order valence-electron chi connectivity index (χ4n) is 2.20. The van der Waals surface area contributed by atoms with Crippen molar-refractivity contribution in [1.29, 1.82) is 0 Å². The van der Waals surface area contributed by atoms with Gasteiger partial charge in [-0.15, -0.1) is 0 Å². The number of nitrogens with one attached hydrogen (secondary N) is 1. The fourth-order valence-corrected chi connectivity index (χ4v) is 2.20. The molecule has 0 bridgehead atoms. The molecule has 0 aliphatic carbocycles. The lowest BCUT2D eigenvalue weighted by Crippen LogP contribution is -2.23. The third-order valence-corrected chi connectivity index (χ3v) is 3.29. The molecule has 1 N–H and O–H groups in total. The van der Waals surface area contributed by atoms with Crippen molar-refractivity contribution in [3.8, 4) is 0 Å². The van der Waals surface area contributed by atoms with E-state index in [2.05, 4.69) is 5.32 Å². The minimum absolute atomic E-state index is 0.276. The minimum atomic E-state index is -0.773. The lowest BCUT2D eigenvalue weighted by molar-refractivity contribution is -0.144. The van der Waals surface area contributed by atoms with Crippen LogP contribution in [-0.4, -0.2) is 30.7 Å². The Morgan fingerprint density at radius 3 is 2.67 bits per heavy atom. The third kappa shape index (κ3) is 2.87. The Morgan fingerprint density at radius 2 is 1.90 bits per heavy atom. The molecule has 1 amide bonds. The summed E-state index contributed by atoms with van der Waals surface area (Å²) in [5.41, 5.74) is 0.678. The first-order valence-electron chi connectivity index (χ1n) is 6.81. The molecule has 1 heterocycles. The molecule has 5 nitrogen and oxygen atoms in total. The van der Waals surface area contributed by atoms with Gasteiger partial charge in [0, 0.05) is 5.69 Å². The molecule has 1 fully saturated rings. The number of epoxide rings is 1. The molecule has 1 aliphatic heterocycles. The van der Waals surface area contributed by atoms with E-state index in [4.69, 9.17) is 9.47 Å². The maximum Gasteiger partial charge on any atom is 0.338 e. The van der Waals surface area contributed by atoms with Crippen molar-refractivity contribution in [2.75, 3.05) is 11.9 Å². The molecule has 1 saturated heterocycles. The number of hydrogen-bond donors (Lipinski definition) is 1. The first-order valence-corrected chi connectivity index (χ1v) is 6.81. The summed E-state index contributed by atoms with van der Waals surface area (Å²) >= 11 is 0. The molecular weight excluding hydrogens is 270 g/mol. The van der Waals surface area contributed by atoms with Gasteiger partial charge in [0.2, 0.25) is 0 Å². The second-order valence-electron chi connectivity index (χ2n) is 4.78. The molecular formula is C16H15NO4. The van der Waals surface area contributed by atoms with Crippen molar-refractivity contribution in [3.05, 3.63) is 42.5 Å². The van der Waals surface area contributed by atoms with Gasteiger partial charge in [0.1, 0.15) is 0 Å². The molecule has 108 valence electrons. The number of hydrogen-bond acceptors (Lipinski definition) is 4. The maximum atomic E-state index is 12.0. The van der Waals surface area contributed by atoms with Crippen molar-refractivity contribution in [1.82, 2.24) is 0 Å². The number of esters is 1. The molecule has 5 heteroatoms. The van der Waals surface area contributed by atoms with Crippen molar-refractivity contribution in [2.45, 2.75) is 19.1 Å². The predicted octanol–water partition coefficient (Wildman–Crippen LogP) is 2.11. The highest BCUT2D eigenvalue weighted by molar-refractivity contribution is 6.01. The van der Waals surface area contributed by atoms with Crippen LogP contribution in [0.1, 0.15) is 6.92 Å². The average molecular weight is 285 g/mol. The zero-order valence-electron chi connectivity index (χ0n) is 11.5. The topological polar surface area (TPSA) is 67.9 Å². The van der Waals surface area contributed by atoms with Gasteiger partial charge < -0.3 is 14.8 Å². The molecule has 2 aromatic rings. The summed E-state index contributed by atoms with van der Waals surface area (Å²) in [5, 5.41) is 4.89. The molecule has 21 heavy (non-hydrogen) atoms. The minimum Gasteiger partial charge on any atom is -0.464 e. The van der Waals surface area contributed by atoms with Crippen LogP contribution in [0.5, 0.6) is 0 Å². The Balaban J connectivity index is 1.66. The number of fused-ring (bicyclic) bond motifs is 1. The van der Waals surface area contributed by atoms with E-state index >= 15 is 0 Å². The van der Waals surface area contributed by atoms with Crippen LogP contribution in [-0.2, 0) is 19.1 Å². The second kappa shape index (κ2) is 5.54. The van der Waals surface area contributed by atoms with E-state index in [1.54, 1.807) is 6.92 Å². The van der Waals surface area contributed by atoms with Crippen LogP contribution in [0.25, 0.3) is 10.8 Å². The molecule has 1 aliphatic rings. The SMILES string of the molecule is CCOC(=O)[C@@H]1O[C@H]1C(=O)Nc1ccc2ccccc2c1. The van der Waals surface area contributed by atoms with Crippen molar-refractivity contribution >= 4 is 28.3 Å². The highest BCUT2D eigenvalue weighted by Crippen LogP contribution is 2.26. The number of carbonyl (C=O) groups is 2.